The number of amides is 2. The number of carboxylic acid groups (broad SMARTS) is 1. The number of carbonyl (C=O) groups excluding carboxylic acids is 3. The average Bonchev–Trinajstić information content (AvgIpc) is 2.51. The third kappa shape index (κ3) is 10.7. The van der Waals surface area contributed by atoms with Gasteiger partial charge >= 0.3 is 5.97 Å². The van der Waals surface area contributed by atoms with E-state index < -0.39 is 42.1 Å². The quantitative estimate of drug-likeness (QED) is 0.123. The van der Waals surface area contributed by atoms with Gasteiger partial charge in [0.1, 0.15) is 0 Å². The van der Waals surface area contributed by atoms with Crippen molar-refractivity contribution in [3.8, 4) is 0 Å². The normalized spacial score (nSPS) is 12.6. The first-order valence-electron chi connectivity index (χ1n) is 7.69. The van der Waals surface area contributed by atoms with Crippen molar-refractivity contribution in [1.29, 1.82) is 0 Å². The number of nitrogens with two attached hydrogens (primary N) is 2. The Morgan fingerprint density at radius 2 is 1.80 bits per heavy atom. The number of Topliss-reactive ketones (excluding diaryl/α,β-unsaturated/α-hetero) is 1. The summed E-state index contributed by atoms with van der Waals surface area (Å²) in [6.07, 6.45) is 0.503. The summed E-state index contributed by atoms with van der Waals surface area (Å²) in [6.45, 7) is 1.19. The van der Waals surface area contributed by atoms with Gasteiger partial charge in [0.2, 0.25) is 11.8 Å². The van der Waals surface area contributed by atoms with E-state index in [2.05, 4.69) is 20.9 Å². The molecule has 11 heteroatoms. The molecule has 0 aromatic carbocycles. The fourth-order valence-electron chi connectivity index (χ4n) is 1.92. The van der Waals surface area contributed by atoms with Gasteiger partial charge in [-0.2, -0.15) is 0 Å². The van der Waals surface area contributed by atoms with Gasteiger partial charge in [-0.3, -0.25) is 24.2 Å². The number of aliphatic imine (C=N–C) groups is 1. The molecular weight excluding hydrogens is 332 g/mol. The summed E-state index contributed by atoms with van der Waals surface area (Å²) in [4.78, 5) is 49.5. The topological polar surface area (TPSA) is 189 Å². The van der Waals surface area contributed by atoms with Crippen LogP contribution in [0.4, 0.5) is 0 Å². The van der Waals surface area contributed by atoms with Crippen molar-refractivity contribution in [2.75, 3.05) is 20.1 Å². The first-order valence-corrected chi connectivity index (χ1v) is 7.69. The monoisotopic (exact) mass is 358 g/mol. The molecule has 11 nitrogen and oxygen atoms in total. The molecule has 0 heterocycles. The summed E-state index contributed by atoms with van der Waals surface area (Å²) in [7, 11) is 1.60. The van der Waals surface area contributed by atoms with Crippen molar-refractivity contribution in [3.05, 3.63) is 0 Å². The standard InChI is InChI=1S/C14H26N6O5/c1-8(21)10(6-12(23)24)20-11(22)7-19-13(25)9(17-2)4-3-5-18-14(15)16/h9-10,17H,3-7H2,1-2H3,(H,19,25)(H,20,22)(H,23,24)(H4,15,16,18)/t9-,10-/m0/s1. The van der Waals surface area contributed by atoms with Crippen LogP contribution in [0.1, 0.15) is 26.2 Å². The number of hydrogen-bond acceptors (Lipinski definition) is 6. The molecule has 0 aromatic rings. The van der Waals surface area contributed by atoms with Crippen LogP contribution in [-0.4, -0.2) is 66.9 Å². The van der Waals surface area contributed by atoms with Crippen LogP contribution < -0.4 is 27.4 Å². The predicted octanol–water partition coefficient (Wildman–Crippen LogP) is -2.71. The van der Waals surface area contributed by atoms with Crippen molar-refractivity contribution in [2.45, 2.75) is 38.3 Å². The van der Waals surface area contributed by atoms with Crippen LogP contribution in [0.25, 0.3) is 0 Å². The van der Waals surface area contributed by atoms with E-state index in [1.807, 2.05) is 0 Å². The molecule has 0 fully saturated rings. The SMILES string of the molecule is CN[C@@H](CCCN=C(N)N)C(=O)NCC(=O)N[C@@H](CC(=O)O)C(C)=O. The Bertz CT molecular complexity index is 518. The van der Waals surface area contributed by atoms with Gasteiger partial charge in [0.15, 0.2) is 11.7 Å². The largest absolute Gasteiger partial charge is 0.481 e. The number of likely N-dealkylation sites (N-methyl/N-ethyl adjacent to an activating group) is 1. The minimum absolute atomic E-state index is 0.0245. The molecule has 142 valence electrons. The number of guanidine groups is 1. The molecule has 0 aromatic heterocycles. The lowest BCUT2D eigenvalue weighted by molar-refractivity contribution is -0.140. The summed E-state index contributed by atoms with van der Waals surface area (Å²) < 4.78 is 0. The highest BCUT2D eigenvalue weighted by atomic mass is 16.4. The molecule has 0 bridgehead atoms. The highest BCUT2D eigenvalue weighted by molar-refractivity contribution is 5.92. The van der Waals surface area contributed by atoms with Crippen LogP contribution in [0, 0.1) is 0 Å². The average molecular weight is 358 g/mol. The third-order valence-electron chi connectivity index (χ3n) is 3.24. The molecule has 0 spiro atoms. The molecule has 0 saturated carbocycles. The Morgan fingerprint density at radius 3 is 2.28 bits per heavy atom. The summed E-state index contributed by atoms with van der Waals surface area (Å²) in [6, 6.07) is -1.66. The zero-order chi connectivity index (χ0) is 19.4. The zero-order valence-electron chi connectivity index (χ0n) is 14.4. The van der Waals surface area contributed by atoms with E-state index in [0.717, 1.165) is 0 Å². The highest BCUT2D eigenvalue weighted by Gasteiger charge is 2.21. The van der Waals surface area contributed by atoms with Gasteiger partial charge < -0.3 is 32.5 Å². The molecule has 0 rings (SSSR count). The molecule has 0 aliphatic heterocycles. The summed E-state index contributed by atoms with van der Waals surface area (Å²) in [5.74, 6) is -2.76. The third-order valence-corrected chi connectivity index (χ3v) is 3.24. The number of aliphatic carboxylic acids is 1. The number of carboxylic acids is 1. The lowest BCUT2D eigenvalue weighted by Crippen LogP contribution is -2.49. The van der Waals surface area contributed by atoms with Crippen molar-refractivity contribution < 1.29 is 24.3 Å². The van der Waals surface area contributed by atoms with Crippen LogP contribution in [0.2, 0.25) is 0 Å². The minimum atomic E-state index is -1.21. The first kappa shape index (κ1) is 22.3. The fraction of sp³-hybridized carbons (Fsp3) is 0.643. The number of hydrogen-bond donors (Lipinski definition) is 6. The summed E-state index contributed by atoms with van der Waals surface area (Å²) in [5.41, 5.74) is 10.4. The smallest absolute Gasteiger partial charge is 0.305 e. The lowest BCUT2D eigenvalue weighted by atomic mass is 10.1. The maximum atomic E-state index is 12.0. The molecule has 0 aliphatic rings. The van der Waals surface area contributed by atoms with Gasteiger partial charge in [-0.05, 0) is 26.8 Å². The Hall–Kier alpha value is -2.69. The molecule has 0 aliphatic carbocycles. The van der Waals surface area contributed by atoms with Crippen molar-refractivity contribution in [1.82, 2.24) is 16.0 Å². The second kappa shape index (κ2) is 11.8. The van der Waals surface area contributed by atoms with Crippen LogP contribution in [-0.2, 0) is 19.2 Å². The van der Waals surface area contributed by atoms with E-state index in [9.17, 15) is 19.2 Å². The van der Waals surface area contributed by atoms with Crippen molar-refractivity contribution >= 4 is 29.5 Å². The Balaban J connectivity index is 4.35. The van der Waals surface area contributed by atoms with E-state index in [4.69, 9.17) is 16.6 Å². The summed E-state index contributed by atoms with van der Waals surface area (Å²) >= 11 is 0. The second-order valence-corrected chi connectivity index (χ2v) is 5.34. The van der Waals surface area contributed by atoms with E-state index in [-0.39, 0.29) is 12.5 Å². The number of ketones is 1. The van der Waals surface area contributed by atoms with Crippen LogP contribution in [0.15, 0.2) is 4.99 Å². The van der Waals surface area contributed by atoms with Crippen LogP contribution >= 0.6 is 0 Å². The van der Waals surface area contributed by atoms with E-state index in [1.54, 1.807) is 7.05 Å². The van der Waals surface area contributed by atoms with Gasteiger partial charge in [-0.1, -0.05) is 0 Å². The number of carbonyl (C=O) groups is 4. The maximum Gasteiger partial charge on any atom is 0.305 e. The van der Waals surface area contributed by atoms with Crippen LogP contribution in [0.3, 0.4) is 0 Å². The predicted molar refractivity (Wildman–Crippen MR) is 90.6 cm³/mol. The van der Waals surface area contributed by atoms with Crippen molar-refractivity contribution in [3.63, 3.8) is 0 Å². The van der Waals surface area contributed by atoms with E-state index in [0.29, 0.717) is 19.4 Å². The highest BCUT2D eigenvalue weighted by Crippen LogP contribution is 1.98. The van der Waals surface area contributed by atoms with Gasteiger partial charge in [-0.15, -0.1) is 0 Å². The van der Waals surface area contributed by atoms with Gasteiger partial charge in [-0.25, -0.2) is 0 Å². The van der Waals surface area contributed by atoms with E-state index in [1.165, 1.54) is 6.92 Å². The van der Waals surface area contributed by atoms with E-state index >= 15 is 0 Å². The molecule has 0 unspecified atom stereocenters. The molecule has 2 amide bonds. The second-order valence-electron chi connectivity index (χ2n) is 5.34. The minimum Gasteiger partial charge on any atom is -0.481 e. The van der Waals surface area contributed by atoms with Crippen LogP contribution in [0.5, 0.6) is 0 Å². The number of nitrogens with zero attached hydrogens (tertiary/aromatic N) is 1. The zero-order valence-corrected chi connectivity index (χ0v) is 14.4. The first-order chi connectivity index (χ1) is 11.7. The number of rotatable bonds is 12. The molecule has 2 atom stereocenters. The maximum absolute atomic E-state index is 12.0. The Labute approximate surface area is 145 Å². The Morgan fingerprint density at radius 1 is 1.16 bits per heavy atom. The molecule has 25 heavy (non-hydrogen) atoms. The van der Waals surface area contributed by atoms with Gasteiger partial charge in [0, 0.05) is 6.54 Å². The van der Waals surface area contributed by atoms with Crippen molar-refractivity contribution in [2.24, 2.45) is 16.5 Å². The molecular formula is C14H26N6O5. The number of nitrogens with one attached hydrogen (secondary N) is 3. The van der Waals surface area contributed by atoms with Gasteiger partial charge in [0.25, 0.3) is 0 Å². The lowest BCUT2D eigenvalue weighted by Gasteiger charge is -2.17. The summed E-state index contributed by atoms with van der Waals surface area (Å²) in [5, 5.41) is 16.2. The van der Waals surface area contributed by atoms with Gasteiger partial charge in [0.05, 0.1) is 25.0 Å². The molecule has 8 N–H and O–H groups in total. The molecule has 0 saturated heterocycles. The fourth-order valence-corrected chi connectivity index (χ4v) is 1.92. The molecule has 0 radical (unpaired) electrons. The Kier molecular flexibility index (Phi) is 10.5.